The first-order valence-electron chi connectivity index (χ1n) is 11.8. The maximum Gasteiger partial charge on any atom is 0.346 e. The van der Waals surface area contributed by atoms with Crippen LogP contribution in [-0.2, 0) is 9.53 Å². The maximum atomic E-state index is 13.6. The number of carbonyl (C=O) groups is 1. The summed E-state index contributed by atoms with van der Waals surface area (Å²) in [5.74, 6) is 0.722. The van der Waals surface area contributed by atoms with Crippen LogP contribution in [0.3, 0.4) is 0 Å². The number of esters is 1. The molecule has 1 saturated carbocycles. The highest BCUT2D eigenvalue weighted by molar-refractivity contribution is 9.10. The summed E-state index contributed by atoms with van der Waals surface area (Å²) < 4.78 is 18.6. The molecule has 0 N–H and O–H groups in total. The average molecular weight is 656 g/mol. The van der Waals surface area contributed by atoms with Crippen LogP contribution in [0.15, 0.2) is 43.1 Å². The summed E-state index contributed by atoms with van der Waals surface area (Å²) in [5.41, 5.74) is 0.951. The zero-order chi connectivity index (χ0) is 26.7. The Morgan fingerprint density at radius 2 is 1.95 bits per heavy atom. The first-order chi connectivity index (χ1) is 17.7. The van der Waals surface area contributed by atoms with Gasteiger partial charge in [-0.25, -0.2) is 9.78 Å². The molecule has 3 aromatic rings. The standard InChI is InChI=1S/C26H26Br2ClN3O5/c1-14(26(34)36-3)37-23-20(35-2)11-16(21(28)22(23)29)13-30-32-24(15-7-5-4-6-8-15)31-19-10-9-17(27)12-18(19)25(32)33/h9-15H,4-8H2,1-3H3/t14-/m0/s1. The minimum absolute atomic E-state index is 0.142. The average Bonchev–Trinajstić information content (AvgIpc) is 2.91. The van der Waals surface area contributed by atoms with E-state index in [0.717, 1.165) is 30.2 Å². The Kier molecular flexibility index (Phi) is 8.92. The summed E-state index contributed by atoms with van der Waals surface area (Å²) in [5, 5.41) is 5.25. The van der Waals surface area contributed by atoms with Gasteiger partial charge in [0.15, 0.2) is 17.6 Å². The van der Waals surface area contributed by atoms with Crippen molar-refractivity contribution in [3.63, 3.8) is 0 Å². The third-order valence-corrected chi connectivity index (χ3v) is 8.26. The number of hydrogen-bond donors (Lipinski definition) is 0. The maximum absolute atomic E-state index is 13.6. The second-order valence-electron chi connectivity index (χ2n) is 8.74. The van der Waals surface area contributed by atoms with Crippen LogP contribution in [0.4, 0.5) is 0 Å². The van der Waals surface area contributed by atoms with Crippen molar-refractivity contribution in [1.82, 2.24) is 9.66 Å². The van der Waals surface area contributed by atoms with Crippen LogP contribution in [0.1, 0.15) is 56.3 Å². The molecule has 196 valence electrons. The first kappa shape index (κ1) is 27.6. The topological polar surface area (TPSA) is 92.0 Å². The summed E-state index contributed by atoms with van der Waals surface area (Å²) in [6, 6.07) is 7.14. The number of benzene rings is 2. The number of fused-ring (bicyclic) bond motifs is 1. The van der Waals surface area contributed by atoms with Crippen LogP contribution < -0.4 is 15.0 Å². The molecule has 0 bridgehead atoms. The highest BCUT2D eigenvalue weighted by Crippen LogP contribution is 2.42. The van der Waals surface area contributed by atoms with Crippen molar-refractivity contribution in [2.24, 2.45) is 5.10 Å². The SMILES string of the molecule is COC(=O)[C@H](C)Oc1c(OC)cc(C=Nn2c(C3CCCCC3)nc3ccc(Br)cc3c2=O)c(Br)c1Cl. The number of rotatable bonds is 7. The largest absolute Gasteiger partial charge is 0.493 e. The van der Waals surface area contributed by atoms with E-state index in [-0.39, 0.29) is 22.2 Å². The van der Waals surface area contributed by atoms with Gasteiger partial charge < -0.3 is 14.2 Å². The third kappa shape index (κ3) is 5.86. The molecule has 0 unspecified atom stereocenters. The predicted octanol–water partition coefficient (Wildman–Crippen LogP) is 6.45. The normalized spacial score (nSPS) is 15.2. The van der Waals surface area contributed by atoms with Gasteiger partial charge in [-0.15, -0.1) is 0 Å². The van der Waals surface area contributed by atoms with Gasteiger partial charge in [0, 0.05) is 20.4 Å². The van der Waals surface area contributed by atoms with Crippen LogP contribution >= 0.6 is 43.5 Å². The second kappa shape index (κ2) is 12.0. The van der Waals surface area contributed by atoms with Crippen molar-refractivity contribution >= 4 is 66.5 Å². The molecule has 2 aromatic carbocycles. The number of nitrogens with zero attached hydrogens (tertiary/aromatic N) is 3. The fraction of sp³-hybridized carbons (Fsp3) is 0.385. The Balaban J connectivity index is 1.80. The molecule has 1 fully saturated rings. The van der Waals surface area contributed by atoms with Crippen molar-refractivity contribution in [3.8, 4) is 11.5 Å². The smallest absolute Gasteiger partial charge is 0.346 e. The lowest BCUT2D eigenvalue weighted by atomic mass is 9.88. The van der Waals surface area contributed by atoms with E-state index in [2.05, 4.69) is 37.0 Å². The number of aromatic nitrogens is 2. The Labute approximate surface area is 236 Å². The monoisotopic (exact) mass is 653 g/mol. The van der Waals surface area contributed by atoms with Gasteiger partial charge in [0.1, 0.15) is 10.8 Å². The minimum Gasteiger partial charge on any atom is -0.493 e. The highest BCUT2D eigenvalue weighted by atomic mass is 79.9. The van der Waals surface area contributed by atoms with E-state index in [0.29, 0.717) is 32.5 Å². The van der Waals surface area contributed by atoms with Crippen LogP contribution in [0.2, 0.25) is 5.02 Å². The molecule has 1 atom stereocenters. The zero-order valence-electron chi connectivity index (χ0n) is 20.6. The lowest BCUT2D eigenvalue weighted by Gasteiger charge is -2.23. The molecule has 0 spiro atoms. The molecule has 0 radical (unpaired) electrons. The van der Waals surface area contributed by atoms with Gasteiger partial charge in [-0.3, -0.25) is 4.79 Å². The summed E-state index contributed by atoms with van der Waals surface area (Å²) in [6.07, 6.45) is 5.90. The van der Waals surface area contributed by atoms with Crippen molar-refractivity contribution in [2.75, 3.05) is 14.2 Å². The van der Waals surface area contributed by atoms with Crippen molar-refractivity contribution in [3.05, 3.63) is 60.0 Å². The Hall–Kier alpha value is -2.43. The van der Waals surface area contributed by atoms with E-state index in [4.69, 9.17) is 30.8 Å². The van der Waals surface area contributed by atoms with Gasteiger partial charge in [0.25, 0.3) is 5.56 Å². The van der Waals surface area contributed by atoms with E-state index in [9.17, 15) is 9.59 Å². The second-order valence-corrected chi connectivity index (χ2v) is 10.8. The minimum atomic E-state index is -0.901. The van der Waals surface area contributed by atoms with Gasteiger partial charge in [-0.1, -0.05) is 46.8 Å². The molecule has 1 heterocycles. The Morgan fingerprint density at radius 1 is 1.22 bits per heavy atom. The summed E-state index contributed by atoms with van der Waals surface area (Å²) >= 11 is 13.5. The van der Waals surface area contributed by atoms with E-state index < -0.39 is 12.1 Å². The number of ether oxygens (including phenoxy) is 3. The number of halogens is 3. The van der Waals surface area contributed by atoms with Crippen LogP contribution in [0, 0.1) is 0 Å². The number of methoxy groups -OCH3 is 2. The summed E-state index contributed by atoms with van der Waals surface area (Å²) in [7, 11) is 2.74. The quantitative estimate of drug-likeness (QED) is 0.215. The molecule has 0 saturated heterocycles. The molecule has 1 aromatic heterocycles. The lowest BCUT2D eigenvalue weighted by molar-refractivity contribution is -0.147. The first-order valence-corrected chi connectivity index (χ1v) is 13.8. The Morgan fingerprint density at radius 3 is 2.62 bits per heavy atom. The highest BCUT2D eigenvalue weighted by Gasteiger charge is 2.24. The van der Waals surface area contributed by atoms with Gasteiger partial charge in [0.05, 0.1) is 31.3 Å². The summed E-state index contributed by atoms with van der Waals surface area (Å²) in [6.45, 7) is 1.55. The fourth-order valence-electron chi connectivity index (χ4n) is 4.37. The molecular formula is C26H26Br2ClN3O5. The van der Waals surface area contributed by atoms with Gasteiger partial charge >= 0.3 is 5.97 Å². The summed E-state index contributed by atoms with van der Waals surface area (Å²) in [4.78, 5) is 30.3. The molecule has 11 heteroatoms. The van der Waals surface area contributed by atoms with Crippen molar-refractivity contribution in [2.45, 2.75) is 51.0 Å². The molecular weight excluding hydrogens is 630 g/mol. The molecule has 1 aliphatic rings. The number of hydrogen-bond acceptors (Lipinski definition) is 7. The third-order valence-electron chi connectivity index (χ3n) is 6.32. The van der Waals surface area contributed by atoms with E-state index in [1.54, 1.807) is 19.1 Å². The predicted molar refractivity (Wildman–Crippen MR) is 150 cm³/mol. The zero-order valence-corrected chi connectivity index (χ0v) is 24.5. The molecule has 4 rings (SSSR count). The number of carbonyl (C=O) groups excluding carboxylic acids is 1. The van der Waals surface area contributed by atoms with Crippen molar-refractivity contribution in [1.29, 1.82) is 0 Å². The molecule has 0 aliphatic heterocycles. The van der Waals surface area contributed by atoms with Gasteiger partial charge in [-0.05, 0) is 60.0 Å². The molecule has 37 heavy (non-hydrogen) atoms. The molecule has 1 aliphatic carbocycles. The van der Waals surface area contributed by atoms with E-state index in [1.165, 1.54) is 31.5 Å². The van der Waals surface area contributed by atoms with Crippen LogP contribution in [0.25, 0.3) is 10.9 Å². The van der Waals surface area contributed by atoms with Crippen LogP contribution in [0.5, 0.6) is 11.5 Å². The lowest BCUT2D eigenvalue weighted by Crippen LogP contribution is -2.25. The Bertz CT molecular complexity index is 1420. The van der Waals surface area contributed by atoms with Crippen LogP contribution in [-0.4, -0.2) is 42.2 Å². The van der Waals surface area contributed by atoms with E-state index >= 15 is 0 Å². The van der Waals surface area contributed by atoms with Crippen molar-refractivity contribution < 1.29 is 19.0 Å². The van der Waals surface area contributed by atoms with Gasteiger partial charge in [0.2, 0.25) is 0 Å². The molecule has 8 nitrogen and oxygen atoms in total. The molecule has 0 amide bonds. The fourth-order valence-corrected chi connectivity index (χ4v) is 5.38. The van der Waals surface area contributed by atoms with E-state index in [1.807, 2.05) is 12.1 Å². The van der Waals surface area contributed by atoms with Gasteiger partial charge in [-0.2, -0.15) is 9.78 Å².